The molecular weight excluding hydrogens is 464 g/mol. The third-order valence-corrected chi connectivity index (χ3v) is 6.32. The maximum Gasteiger partial charge on any atom is 0.315 e. The predicted molar refractivity (Wildman–Crippen MR) is 141 cm³/mol. The second-order valence-corrected chi connectivity index (χ2v) is 8.83. The topological polar surface area (TPSA) is 94.6 Å². The summed E-state index contributed by atoms with van der Waals surface area (Å²) in [6.07, 6.45) is 1.05. The van der Waals surface area contributed by atoms with Crippen molar-refractivity contribution < 1.29 is 19.0 Å². The Morgan fingerprint density at radius 1 is 1.00 bits per heavy atom. The van der Waals surface area contributed by atoms with E-state index in [4.69, 9.17) is 19.9 Å². The Kier molecular flexibility index (Phi) is 6.78. The van der Waals surface area contributed by atoms with E-state index in [1.54, 1.807) is 12.1 Å². The van der Waals surface area contributed by atoms with Gasteiger partial charge in [0.2, 0.25) is 5.88 Å². The highest BCUT2D eigenvalue weighted by molar-refractivity contribution is 5.89. The van der Waals surface area contributed by atoms with E-state index >= 15 is 0 Å². The van der Waals surface area contributed by atoms with E-state index in [1.165, 1.54) is 0 Å². The molecule has 4 aromatic rings. The Morgan fingerprint density at radius 2 is 1.76 bits per heavy atom. The van der Waals surface area contributed by atoms with Crippen LogP contribution in [0, 0.1) is 11.3 Å². The van der Waals surface area contributed by atoms with Crippen LogP contribution in [0.5, 0.6) is 17.2 Å². The minimum Gasteiger partial charge on any atom is -0.494 e. The van der Waals surface area contributed by atoms with Crippen LogP contribution in [0.4, 0.5) is 0 Å². The van der Waals surface area contributed by atoms with Crippen molar-refractivity contribution in [2.75, 3.05) is 6.61 Å². The average molecular weight is 491 g/mol. The molecule has 6 heteroatoms. The molecule has 37 heavy (non-hydrogen) atoms. The first-order chi connectivity index (χ1) is 18.1. The van der Waals surface area contributed by atoms with E-state index in [0.717, 1.165) is 39.6 Å². The lowest BCUT2D eigenvalue weighted by molar-refractivity contribution is -0.133. The average Bonchev–Trinajstić information content (AvgIpc) is 2.91. The van der Waals surface area contributed by atoms with E-state index in [-0.39, 0.29) is 18.3 Å². The minimum absolute atomic E-state index is 0.0329. The van der Waals surface area contributed by atoms with Gasteiger partial charge in [-0.1, -0.05) is 67.6 Å². The molecule has 1 aliphatic rings. The van der Waals surface area contributed by atoms with Crippen LogP contribution < -0.4 is 19.9 Å². The number of nitriles is 1. The van der Waals surface area contributed by atoms with E-state index in [0.29, 0.717) is 23.7 Å². The monoisotopic (exact) mass is 490 g/mol. The number of allylic oxidation sites excluding steroid dienone is 1. The third-order valence-electron chi connectivity index (χ3n) is 6.32. The van der Waals surface area contributed by atoms with Gasteiger partial charge < -0.3 is 19.9 Å². The molecule has 1 unspecified atom stereocenters. The van der Waals surface area contributed by atoms with Crippen LogP contribution in [0.2, 0.25) is 0 Å². The first kappa shape index (κ1) is 24.0. The maximum atomic E-state index is 12.8. The number of hydrogen-bond donors (Lipinski definition) is 1. The van der Waals surface area contributed by atoms with Gasteiger partial charge in [-0.05, 0) is 46.5 Å². The summed E-state index contributed by atoms with van der Waals surface area (Å²) in [5.41, 5.74) is 9.01. The molecule has 0 saturated heterocycles. The smallest absolute Gasteiger partial charge is 0.315 e. The number of nitrogens with zero attached hydrogens (tertiary/aromatic N) is 1. The van der Waals surface area contributed by atoms with Gasteiger partial charge in [-0.3, -0.25) is 4.79 Å². The fourth-order valence-electron chi connectivity index (χ4n) is 4.59. The molecule has 2 N–H and O–H groups in total. The first-order valence-electron chi connectivity index (χ1n) is 12.2. The number of hydrogen-bond acceptors (Lipinski definition) is 6. The number of carbonyl (C=O) groups excluding carboxylic acids is 1. The van der Waals surface area contributed by atoms with Gasteiger partial charge >= 0.3 is 5.97 Å². The molecule has 1 atom stereocenters. The summed E-state index contributed by atoms with van der Waals surface area (Å²) in [6.45, 7) is 2.69. The van der Waals surface area contributed by atoms with Crippen LogP contribution in [0.25, 0.3) is 10.8 Å². The third kappa shape index (κ3) is 4.98. The van der Waals surface area contributed by atoms with Gasteiger partial charge in [0.1, 0.15) is 28.9 Å². The highest BCUT2D eigenvalue weighted by Gasteiger charge is 2.31. The lowest BCUT2D eigenvalue weighted by atomic mass is 9.83. The van der Waals surface area contributed by atoms with Crippen LogP contribution in [0.15, 0.2) is 96.4 Å². The van der Waals surface area contributed by atoms with Gasteiger partial charge in [0.05, 0.1) is 18.9 Å². The summed E-state index contributed by atoms with van der Waals surface area (Å²) < 4.78 is 17.1. The van der Waals surface area contributed by atoms with Gasteiger partial charge in [0.25, 0.3) is 0 Å². The highest BCUT2D eigenvalue weighted by Crippen LogP contribution is 2.43. The van der Waals surface area contributed by atoms with Gasteiger partial charge in [0, 0.05) is 11.6 Å². The van der Waals surface area contributed by atoms with Crippen molar-refractivity contribution in [1.82, 2.24) is 0 Å². The molecule has 4 aromatic carbocycles. The van der Waals surface area contributed by atoms with Crippen LogP contribution in [-0.4, -0.2) is 12.6 Å². The number of carbonyl (C=O) groups is 1. The zero-order valence-corrected chi connectivity index (χ0v) is 20.4. The lowest BCUT2D eigenvalue weighted by Gasteiger charge is -2.26. The molecule has 1 heterocycles. The number of nitrogens with two attached hydrogens (primary N) is 1. The second kappa shape index (κ2) is 10.5. The Hall–Kier alpha value is -4.76. The van der Waals surface area contributed by atoms with Gasteiger partial charge in [-0.15, -0.1) is 0 Å². The fraction of sp³-hybridized carbons (Fsp3) is 0.161. The lowest BCUT2D eigenvalue weighted by Crippen LogP contribution is -2.21. The SMILES string of the molecule is CCCOc1ccc(C2C(C#N)=C(N)Oc3cc(OC(=O)Cc4cccc5ccccc45)ccc32)cc1. The molecule has 0 spiro atoms. The Balaban J connectivity index is 1.39. The zero-order chi connectivity index (χ0) is 25.8. The van der Waals surface area contributed by atoms with Gasteiger partial charge in [-0.2, -0.15) is 5.26 Å². The summed E-state index contributed by atoms with van der Waals surface area (Å²) in [4.78, 5) is 12.8. The van der Waals surface area contributed by atoms with Gasteiger partial charge in [-0.25, -0.2) is 0 Å². The minimum atomic E-state index is -0.408. The molecule has 0 aliphatic carbocycles. The highest BCUT2D eigenvalue weighted by atomic mass is 16.5. The van der Waals surface area contributed by atoms with Gasteiger partial charge in [0.15, 0.2) is 0 Å². The predicted octanol–water partition coefficient (Wildman–Crippen LogP) is 5.99. The van der Waals surface area contributed by atoms with Crippen molar-refractivity contribution >= 4 is 16.7 Å². The summed E-state index contributed by atoms with van der Waals surface area (Å²) in [7, 11) is 0. The quantitative estimate of drug-likeness (QED) is 0.252. The summed E-state index contributed by atoms with van der Waals surface area (Å²) in [5.74, 6) is 0.803. The van der Waals surface area contributed by atoms with Crippen molar-refractivity contribution in [3.05, 3.63) is 113 Å². The summed E-state index contributed by atoms with van der Waals surface area (Å²) in [5, 5.41) is 11.9. The fourth-order valence-corrected chi connectivity index (χ4v) is 4.59. The Bertz CT molecular complexity index is 1530. The second-order valence-electron chi connectivity index (χ2n) is 8.83. The van der Waals surface area contributed by atoms with Crippen molar-refractivity contribution in [3.8, 4) is 23.3 Å². The maximum absolute atomic E-state index is 12.8. The van der Waals surface area contributed by atoms with Crippen LogP contribution in [0.3, 0.4) is 0 Å². The largest absolute Gasteiger partial charge is 0.494 e. The molecule has 184 valence electrons. The molecule has 0 aromatic heterocycles. The molecule has 1 aliphatic heterocycles. The molecule has 0 bridgehead atoms. The normalized spacial score (nSPS) is 14.4. The van der Waals surface area contributed by atoms with Crippen molar-refractivity contribution in [1.29, 1.82) is 5.26 Å². The van der Waals surface area contributed by atoms with Crippen molar-refractivity contribution in [2.45, 2.75) is 25.7 Å². The molecule has 0 fully saturated rings. The van der Waals surface area contributed by atoms with Crippen LogP contribution >= 0.6 is 0 Å². The molecule has 5 rings (SSSR count). The molecule has 0 radical (unpaired) electrons. The molecule has 0 saturated carbocycles. The van der Waals surface area contributed by atoms with Crippen molar-refractivity contribution in [2.24, 2.45) is 5.73 Å². The standard InChI is InChI=1S/C31H26N2O4/c1-2-16-35-23-12-10-21(11-13-23)30-26-15-14-24(18-28(26)37-31(33)27(30)19-32)36-29(34)17-22-8-5-7-20-6-3-4-9-25(20)22/h3-15,18,30H,2,16-17,33H2,1H3. The Labute approximate surface area is 215 Å². The Morgan fingerprint density at radius 3 is 2.54 bits per heavy atom. The number of ether oxygens (including phenoxy) is 3. The van der Waals surface area contributed by atoms with Crippen molar-refractivity contribution in [3.63, 3.8) is 0 Å². The van der Waals surface area contributed by atoms with E-state index < -0.39 is 5.92 Å². The van der Waals surface area contributed by atoms with E-state index in [1.807, 2.05) is 72.8 Å². The number of esters is 1. The molecule has 6 nitrogen and oxygen atoms in total. The molecule has 0 amide bonds. The van der Waals surface area contributed by atoms with E-state index in [9.17, 15) is 10.1 Å². The number of rotatable bonds is 7. The summed E-state index contributed by atoms with van der Waals surface area (Å²) >= 11 is 0. The zero-order valence-electron chi connectivity index (χ0n) is 20.4. The van der Waals surface area contributed by atoms with Crippen LogP contribution in [0.1, 0.15) is 36.0 Å². The molecular formula is C31H26N2O4. The van der Waals surface area contributed by atoms with E-state index in [2.05, 4.69) is 13.0 Å². The number of fused-ring (bicyclic) bond motifs is 2. The summed E-state index contributed by atoms with van der Waals surface area (Å²) in [6, 6.07) is 28.8. The van der Waals surface area contributed by atoms with Crippen LogP contribution in [-0.2, 0) is 11.2 Å². The first-order valence-corrected chi connectivity index (χ1v) is 12.2. The number of benzene rings is 4.